The van der Waals surface area contributed by atoms with Crippen molar-refractivity contribution in [2.24, 2.45) is 0 Å². The molecule has 5 nitrogen and oxygen atoms in total. The molecule has 0 spiro atoms. The summed E-state index contributed by atoms with van der Waals surface area (Å²) in [6.07, 6.45) is 2.02. The molecule has 1 aliphatic heterocycles. The van der Waals surface area contributed by atoms with Gasteiger partial charge < -0.3 is 15.8 Å². The number of nitrogens with two attached hydrogens (primary N) is 1. The van der Waals surface area contributed by atoms with Gasteiger partial charge in [-0.3, -0.25) is 0 Å². The summed E-state index contributed by atoms with van der Waals surface area (Å²) >= 11 is 1.58. The summed E-state index contributed by atoms with van der Waals surface area (Å²) in [5, 5.41) is 6.51. The molecule has 3 rings (SSSR count). The van der Waals surface area contributed by atoms with Crippen LogP contribution in [0.4, 0.5) is 11.8 Å². The number of nitrogen functional groups attached to an aromatic ring is 1. The molecule has 1 saturated heterocycles. The molecule has 1 aliphatic rings. The first-order valence-corrected chi connectivity index (χ1v) is 6.56. The van der Waals surface area contributed by atoms with E-state index in [-0.39, 0.29) is 0 Å². The number of hydrogen-bond acceptors (Lipinski definition) is 6. The van der Waals surface area contributed by atoms with E-state index >= 15 is 0 Å². The van der Waals surface area contributed by atoms with Gasteiger partial charge in [0.05, 0.1) is 5.39 Å². The fourth-order valence-corrected chi connectivity index (χ4v) is 2.79. The third-order valence-corrected chi connectivity index (χ3v) is 3.71. The molecular weight excluding hydrogens is 236 g/mol. The van der Waals surface area contributed by atoms with Crippen molar-refractivity contribution < 1.29 is 4.74 Å². The van der Waals surface area contributed by atoms with Crippen LogP contribution in [0.3, 0.4) is 0 Å². The molecule has 0 radical (unpaired) electrons. The van der Waals surface area contributed by atoms with Crippen molar-refractivity contribution >= 4 is 33.3 Å². The Morgan fingerprint density at radius 3 is 3.00 bits per heavy atom. The number of ether oxygens (including phenoxy) is 1. The highest BCUT2D eigenvalue weighted by Crippen LogP contribution is 2.27. The van der Waals surface area contributed by atoms with Gasteiger partial charge in [-0.15, -0.1) is 11.3 Å². The number of thiophene rings is 1. The second-order valence-electron chi connectivity index (χ2n) is 4.10. The predicted molar refractivity (Wildman–Crippen MR) is 69.3 cm³/mol. The molecule has 0 saturated carbocycles. The van der Waals surface area contributed by atoms with Crippen molar-refractivity contribution in [3.8, 4) is 0 Å². The Labute approximate surface area is 103 Å². The summed E-state index contributed by atoms with van der Waals surface area (Å²) in [5.41, 5.74) is 5.71. The van der Waals surface area contributed by atoms with Gasteiger partial charge >= 0.3 is 0 Å². The van der Waals surface area contributed by atoms with Gasteiger partial charge in [-0.05, 0) is 24.3 Å². The van der Waals surface area contributed by atoms with Gasteiger partial charge in [0.2, 0.25) is 5.95 Å². The van der Waals surface area contributed by atoms with Crippen molar-refractivity contribution in [1.82, 2.24) is 9.97 Å². The maximum atomic E-state index is 5.71. The number of hydrogen-bond donors (Lipinski definition) is 2. The number of nitrogens with zero attached hydrogens (tertiary/aromatic N) is 2. The van der Waals surface area contributed by atoms with E-state index in [0.717, 1.165) is 42.1 Å². The van der Waals surface area contributed by atoms with Gasteiger partial charge in [0.15, 0.2) is 0 Å². The Morgan fingerprint density at radius 2 is 2.18 bits per heavy atom. The van der Waals surface area contributed by atoms with Gasteiger partial charge in [-0.2, -0.15) is 4.98 Å². The Bertz CT molecular complexity index is 521. The highest BCUT2D eigenvalue weighted by Gasteiger charge is 2.16. The molecule has 2 aromatic heterocycles. The second kappa shape index (κ2) is 4.46. The molecule has 3 N–H and O–H groups in total. The topological polar surface area (TPSA) is 73.1 Å². The van der Waals surface area contributed by atoms with E-state index in [0.29, 0.717) is 12.0 Å². The molecule has 0 amide bonds. The van der Waals surface area contributed by atoms with Crippen LogP contribution < -0.4 is 11.1 Å². The molecule has 2 aromatic rings. The lowest BCUT2D eigenvalue weighted by atomic mass is 10.1. The van der Waals surface area contributed by atoms with Gasteiger partial charge in [-0.1, -0.05) is 0 Å². The molecule has 3 heterocycles. The van der Waals surface area contributed by atoms with Gasteiger partial charge in [0, 0.05) is 19.3 Å². The fourth-order valence-electron chi connectivity index (χ4n) is 2.02. The van der Waals surface area contributed by atoms with Gasteiger partial charge in [0.1, 0.15) is 10.6 Å². The van der Waals surface area contributed by atoms with E-state index in [1.54, 1.807) is 11.3 Å². The van der Waals surface area contributed by atoms with Gasteiger partial charge in [-0.25, -0.2) is 4.98 Å². The molecule has 1 fully saturated rings. The molecule has 90 valence electrons. The maximum Gasteiger partial charge on any atom is 0.223 e. The van der Waals surface area contributed by atoms with E-state index in [2.05, 4.69) is 15.3 Å². The van der Waals surface area contributed by atoms with E-state index in [1.807, 2.05) is 11.4 Å². The van der Waals surface area contributed by atoms with E-state index in [4.69, 9.17) is 10.5 Å². The standard InChI is InChI=1S/C11H14N4OS/c12-11-14-9(8-3-6-17-10(8)15-11)13-7-1-4-16-5-2-7/h3,6-7H,1-2,4-5H2,(H3,12,13,14,15). The predicted octanol–water partition coefficient (Wildman–Crippen LogP) is 1.86. The lowest BCUT2D eigenvalue weighted by molar-refractivity contribution is 0.0904. The first kappa shape index (κ1) is 10.7. The van der Waals surface area contributed by atoms with Crippen molar-refractivity contribution in [1.29, 1.82) is 0 Å². The molecule has 0 bridgehead atoms. The minimum absolute atomic E-state index is 0.328. The average molecular weight is 250 g/mol. The normalized spacial score (nSPS) is 17.4. The number of nitrogens with one attached hydrogen (secondary N) is 1. The third kappa shape index (κ3) is 2.18. The smallest absolute Gasteiger partial charge is 0.223 e. The van der Waals surface area contributed by atoms with Crippen molar-refractivity contribution in [3.63, 3.8) is 0 Å². The highest BCUT2D eigenvalue weighted by molar-refractivity contribution is 7.16. The van der Waals surface area contributed by atoms with Crippen LogP contribution in [0.25, 0.3) is 10.2 Å². The first-order chi connectivity index (χ1) is 8.33. The maximum absolute atomic E-state index is 5.71. The van der Waals surface area contributed by atoms with Crippen LogP contribution in [-0.4, -0.2) is 29.2 Å². The van der Waals surface area contributed by atoms with E-state index in [9.17, 15) is 0 Å². The van der Waals surface area contributed by atoms with Crippen LogP contribution in [0.15, 0.2) is 11.4 Å². The molecule has 17 heavy (non-hydrogen) atoms. The summed E-state index contributed by atoms with van der Waals surface area (Å²) < 4.78 is 5.34. The monoisotopic (exact) mass is 250 g/mol. The van der Waals surface area contributed by atoms with Gasteiger partial charge in [0.25, 0.3) is 0 Å². The summed E-state index contributed by atoms with van der Waals surface area (Å²) in [4.78, 5) is 9.44. The molecule has 0 aromatic carbocycles. The van der Waals surface area contributed by atoms with Crippen LogP contribution in [0, 0.1) is 0 Å². The minimum Gasteiger partial charge on any atom is -0.381 e. The van der Waals surface area contributed by atoms with E-state index < -0.39 is 0 Å². The van der Waals surface area contributed by atoms with Crippen LogP contribution in [0.2, 0.25) is 0 Å². The second-order valence-corrected chi connectivity index (χ2v) is 5.00. The Morgan fingerprint density at radius 1 is 1.35 bits per heavy atom. The van der Waals surface area contributed by atoms with Crippen LogP contribution in [0.5, 0.6) is 0 Å². The molecule has 0 aliphatic carbocycles. The summed E-state index contributed by atoms with van der Waals surface area (Å²) in [6.45, 7) is 1.62. The van der Waals surface area contributed by atoms with Crippen molar-refractivity contribution in [2.75, 3.05) is 24.3 Å². The number of anilines is 2. The Balaban J connectivity index is 1.90. The summed E-state index contributed by atoms with van der Waals surface area (Å²) in [7, 11) is 0. The summed E-state index contributed by atoms with van der Waals surface area (Å²) in [5.74, 6) is 1.18. The zero-order valence-electron chi connectivity index (χ0n) is 9.35. The molecule has 0 unspecified atom stereocenters. The Kier molecular flexibility index (Phi) is 2.82. The zero-order chi connectivity index (χ0) is 11.7. The molecule has 0 atom stereocenters. The molecular formula is C11H14N4OS. The lowest BCUT2D eigenvalue weighted by Crippen LogP contribution is -2.28. The Hall–Kier alpha value is -1.40. The summed E-state index contributed by atoms with van der Waals surface area (Å²) in [6, 6.07) is 2.45. The third-order valence-electron chi connectivity index (χ3n) is 2.90. The van der Waals surface area contributed by atoms with E-state index in [1.165, 1.54) is 0 Å². The molecule has 6 heteroatoms. The fraction of sp³-hybridized carbons (Fsp3) is 0.455. The quantitative estimate of drug-likeness (QED) is 0.851. The average Bonchev–Trinajstić information content (AvgIpc) is 2.78. The first-order valence-electron chi connectivity index (χ1n) is 5.68. The largest absolute Gasteiger partial charge is 0.381 e. The number of fused-ring (bicyclic) bond motifs is 1. The lowest BCUT2D eigenvalue weighted by Gasteiger charge is -2.23. The highest BCUT2D eigenvalue weighted by atomic mass is 32.1. The van der Waals surface area contributed by atoms with Crippen LogP contribution >= 0.6 is 11.3 Å². The zero-order valence-corrected chi connectivity index (χ0v) is 10.2. The number of aromatic nitrogens is 2. The number of rotatable bonds is 2. The van der Waals surface area contributed by atoms with Crippen LogP contribution in [-0.2, 0) is 4.74 Å². The van der Waals surface area contributed by atoms with Crippen LogP contribution in [0.1, 0.15) is 12.8 Å². The van der Waals surface area contributed by atoms with Crippen molar-refractivity contribution in [2.45, 2.75) is 18.9 Å². The SMILES string of the molecule is Nc1nc(NC2CCOCC2)c2ccsc2n1. The van der Waals surface area contributed by atoms with Crippen molar-refractivity contribution in [3.05, 3.63) is 11.4 Å². The minimum atomic E-state index is 0.328.